The fourth-order valence-electron chi connectivity index (χ4n) is 1.46. The summed E-state index contributed by atoms with van der Waals surface area (Å²) in [6.45, 7) is 1.87. The number of benzene rings is 1. The van der Waals surface area contributed by atoms with E-state index in [9.17, 15) is 4.79 Å². The van der Waals surface area contributed by atoms with Crippen LogP contribution >= 0.6 is 15.9 Å². The number of halogens is 1. The number of aliphatic carboxylic acids is 1. The Morgan fingerprint density at radius 2 is 2.27 bits per heavy atom. The molecule has 1 unspecified atom stereocenters. The maximum Gasteiger partial charge on any atom is 0.303 e. The van der Waals surface area contributed by atoms with Crippen molar-refractivity contribution in [2.75, 3.05) is 7.11 Å². The van der Waals surface area contributed by atoms with Crippen molar-refractivity contribution in [2.24, 2.45) is 0 Å². The zero-order valence-corrected chi connectivity index (χ0v) is 10.2. The summed E-state index contributed by atoms with van der Waals surface area (Å²) >= 11 is 3.36. The summed E-state index contributed by atoms with van der Waals surface area (Å²) in [5.74, 6) is -0.133. The minimum absolute atomic E-state index is 0.0602. The zero-order chi connectivity index (χ0) is 11.4. The molecule has 3 nitrogen and oxygen atoms in total. The molecule has 0 saturated heterocycles. The van der Waals surface area contributed by atoms with Crippen molar-refractivity contribution in [1.82, 2.24) is 0 Å². The predicted octanol–water partition coefficient (Wildman–Crippen LogP) is 3.04. The molecular formula is C11H13BrO3. The second kappa shape index (κ2) is 5.16. The van der Waals surface area contributed by atoms with Gasteiger partial charge in [-0.3, -0.25) is 4.79 Å². The van der Waals surface area contributed by atoms with Crippen molar-refractivity contribution >= 4 is 21.9 Å². The first-order chi connectivity index (χ1) is 7.04. The van der Waals surface area contributed by atoms with Gasteiger partial charge >= 0.3 is 5.97 Å². The first-order valence-corrected chi connectivity index (χ1v) is 5.39. The lowest BCUT2D eigenvalue weighted by atomic mass is 9.97. The normalized spacial score (nSPS) is 12.2. The Labute approximate surface area is 97.2 Å². The van der Waals surface area contributed by atoms with Crippen LogP contribution in [-0.2, 0) is 4.79 Å². The van der Waals surface area contributed by atoms with Crippen LogP contribution in [0.4, 0.5) is 0 Å². The third kappa shape index (κ3) is 3.23. The van der Waals surface area contributed by atoms with Gasteiger partial charge < -0.3 is 9.84 Å². The molecule has 0 aliphatic carbocycles. The number of hydrogen-bond acceptors (Lipinski definition) is 2. The SMILES string of the molecule is COc1ccc(Br)cc1C(C)CC(=O)O. The van der Waals surface area contributed by atoms with E-state index in [1.165, 1.54) is 0 Å². The molecule has 15 heavy (non-hydrogen) atoms. The molecule has 1 aromatic carbocycles. The molecule has 0 aliphatic rings. The second-order valence-corrected chi connectivity index (χ2v) is 4.30. The maximum absolute atomic E-state index is 10.6. The number of methoxy groups -OCH3 is 1. The van der Waals surface area contributed by atoms with Crippen molar-refractivity contribution in [1.29, 1.82) is 0 Å². The highest BCUT2D eigenvalue weighted by Crippen LogP contribution is 2.31. The molecule has 0 bridgehead atoms. The van der Waals surface area contributed by atoms with Crippen LogP contribution in [0.5, 0.6) is 5.75 Å². The van der Waals surface area contributed by atoms with Crippen molar-refractivity contribution in [3.05, 3.63) is 28.2 Å². The average molecular weight is 273 g/mol. The molecule has 0 fully saturated rings. The third-order valence-corrected chi connectivity index (χ3v) is 2.70. The Balaban J connectivity index is 2.99. The van der Waals surface area contributed by atoms with E-state index in [1.54, 1.807) is 7.11 Å². The summed E-state index contributed by atoms with van der Waals surface area (Å²) < 4.78 is 6.12. The molecule has 0 aliphatic heterocycles. The molecule has 1 rings (SSSR count). The highest BCUT2D eigenvalue weighted by Gasteiger charge is 2.14. The highest BCUT2D eigenvalue weighted by atomic mass is 79.9. The van der Waals surface area contributed by atoms with E-state index in [2.05, 4.69) is 15.9 Å². The van der Waals surface area contributed by atoms with Gasteiger partial charge in [-0.25, -0.2) is 0 Å². The third-order valence-electron chi connectivity index (χ3n) is 2.20. The number of carbonyl (C=O) groups is 1. The van der Waals surface area contributed by atoms with Gasteiger partial charge in [-0.15, -0.1) is 0 Å². The largest absolute Gasteiger partial charge is 0.496 e. The Bertz CT molecular complexity index is 363. The monoisotopic (exact) mass is 272 g/mol. The van der Waals surface area contributed by atoms with Gasteiger partial charge in [0.2, 0.25) is 0 Å². The molecule has 0 heterocycles. The van der Waals surface area contributed by atoms with Crippen LogP contribution in [0.25, 0.3) is 0 Å². The van der Waals surface area contributed by atoms with E-state index in [0.29, 0.717) is 0 Å². The molecule has 0 spiro atoms. The molecule has 0 amide bonds. The minimum Gasteiger partial charge on any atom is -0.496 e. The number of carboxylic acids is 1. The first-order valence-electron chi connectivity index (χ1n) is 4.59. The van der Waals surface area contributed by atoms with Crippen LogP contribution in [0.2, 0.25) is 0 Å². The van der Waals surface area contributed by atoms with E-state index in [-0.39, 0.29) is 12.3 Å². The highest BCUT2D eigenvalue weighted by molar-refractivity contribution is 9.10. The Hall–Kier alpha value is -1.03. The van der Waals surface area contributed by atoms with Crippen molar-refractivity contribution in [2.45, 2.75) is 19.3 Å². The minimum atomic E-state index is -0.801. The molecular weight excluding hydrogens is 260 g/mol. The van der Waals surface area contributed by atoms with Crippen LogP contribution < -0.4 is 4.74 Å². The molecule has 1 aromatic rings. The average Bonchev–Trinajstić information content (AvgIpc) is 2.16. The molecule has 1 N–H and O–H groups in total. The summed E-state index contributed by atoms with van der Waals surface area (Å²) in [5.41, 5.74) is 0.911. The van der Waals surface area contributed by atoms with Gasteiger partial charge in [0.15, 0.2) is 0 Å². The van der Waals surface area contributed by atoms with Crippen LogP contribution in [0.15, 0.2) is 22.7 Å². The lowest BCUT2D eigenvalue weighted by Gasteiger charge is -2.14. The maximum atomic E-state index is 10.6. The summed E-state index contributed by atoms with van der Waals surface area (Å²) in [4.78, 5) is 10.6. The molecule has 0 saturated carbocycles. The van der Waals surface area contributed by atoms with Gasteiger partial charge in [0.1, 0.15) is 5.75 Å². The number of ether oxygens (including phenoxy) is 1. The zero-order valence-electron chi connectivity index (χ0n) is 8.66. The molecule has 82 valence electrons. The van der Waals surface area contributed by atoms with Crippen molar-refractivity contribution in [3.8, 4) is 5.75 Å². The molecule has 0 radical (unpaired) electrons. The fraction of sp³-hybridized carbons (Fsp3) is 0.364. The van der Waals surface area contributed by atoms with Crippen molar-refractivity contribution in [3.63, 3.8) is 0 Å². The van der Waals surface area contributed by atoms with E-state index in [0.717, 1.165) is 15.8 Å². The molecule has 4 heteroatoms. The quantitative estimate of drug-likeness (QED) is 0.917. The lowest BCUT2D eigenvalue weighted by molar-refractivity contribution is -0.137. The van der Waals surface area contributed by atoms with Crippen LogP contribution in [0.1, 0.15) is 24.8 Å². The smallest absolute Gasteiger partial charge is 0.303 e. The van der Waals surface area contributed by atoms with Gasteiger partial charge in [-0.05, 0) is 29.7 Å². The standard InChI is InChI=1S/C11H13BrO3/c1-7(5-11(13)14)9-6-8(12)3-4-10(9)15-2/h3-4,6-7H,5H2,1-2H3,(H,13,14). The Kier molecular flexibility index (Phi) is 4.15. The fourth-order valence-corrected chi connectivity index (χ4v) is 1.84. The van der Waals surface area contributed by atoms with E-state index in [1.807, 2.05) is 25.1 Å². The van der Waals surface area contributed by atoms with Gasteiger partial charge in [-0.1, -0.05) is 22.9 Å². The van der Waals surface area contributed by atoms with E-state index in [4.69, 9.17) is 9.84 Å². The topological polar surface area (TPSA) is 46.5 Å². The number of carboxylic acid groups (broad SMARTS) is 1. The number of hydrogen-bond donors (Lipinski definition) is 1. The second-order valence-electron chi connectivity index (χ2n) is 3.39. The molecule has 0 aromatic heterocycles. The Morgan fingerprint density at radius 3 is 2.80 bits per heavy atom. The van der Waals surface area contributed by atoms with Crippen LogP contribution in [-0.4, -0.2) is 18.2 Å². The van der Waals surface area contributed by atoms with Crippen LogP contribution in [0.3, 0.4) is 0 Å². The predicted molar refractivity (Wildman–Crippen MR) is 61.4 cm³/mol. The van der Waals surface area contributed by atoms with Gasteiger partial charge in [-0.2, -0.15) is 0 Å². The van der Waals surface area contributed by atoms with Gasteiger partial charge in [0.05, 0.1) is 13.5 Å². The summed E-state index contributed by atoms with van der Waals surface area (Å²) in [6, 6.07) is 5.60. The lowest BCUT2D eigenvalue weighted by Crippen LogP contribution is -2.04. The summed E-state index contributed by atoms with van der Waals surface area (Å²) in [5, 5.41) is 8.73. The van der Waals surface area contributed by atoms with Crippen LogP contribution in [0, 0.1) is 0 Å². The van der Waals surface area contributed by atoms with Gasteiger partial charge in [0, 0.05) is 4.47 Å². The van der Waals surface area contributed by atoms with Gasteiger partial charge in [0.25, 0.3) is 0 Å². The van der Waals surface area contributed by atoms with Crippen molar-refractivity contribution < 1.29 is 14.6 Å². The summed E-state index contributed by atoms with van der Waals surface area (Å²) in [7, 11) is 1.58. The number of rotatable bonds is 4. The Morgan fingerprint density at radius 1 is 1.60 bits per heavy atom. The summed E-state index contributed by atoms with van der Waals surface area (Å²) in [6.07, 6.45) is 0.104. The van der Waals surface area contributed by atoms with E-state index < -0.39 is 5.97 Å². The van der Waals surface area contributed by atoms with E-state index >= 15 is 0 Å². The molecule has 1 atom stereocenters. The first kappa shape index (κ1) is 12.0.